The zero-order chi connectivity index (χ0) is 22.6. The second-order valence-electron chi connectivity index (χ2n) is 10.6. The monoisotopic (exact) mass is 434 g/mol. The zero-order valence-corrected chi connectivity index (χ0v) is 20.3. The maximum atomic E-state index is 4.43. The lowest BCUT2D eigenvalue weighted by Gasteiger charge is -2.21. The predicted molar refractivity (Wildman–Crippen MR) is 142 cm³/mol. The Balaban J connectivity index is 1.20. The summed E-state index contributed by atoms with van der Waals surface area (Å²) in [7, 11) is 0. The smallest absolute Gasteiger partial charge is 0.00137 e. The summed E-state index contributed by atoms with van der Waals surface area (Å²) >= 11 is 0. The van der Waals surface area contributed by atoms with Gasteiger partial charge in [-0.15, -0.1) is 0 Å². The van der Waals surface area contributed by atoms with Crippen LogP contribution in [0.5, 0.6) is 0 Å². The fraction of sp³-hybridized carbons (Fsp3) is 0.394. The van der Waals surface area contributed by atoms with E-state index in [-0.39, 0.29) is 0 Å². The summed E-state index contributed by atoms with van der Waals surface area (Å²) in [4.78, 5) is 0. The van der Waals surface area contributed by atoms with Crippen LogP contribution in [0.15, 0.2) is 83.5 Å². The Morgan fingerprint density at radius 2 is 1.73 bits per heavy atom. The van der Waals surface area contributed by atoms with E-state index >= 15 is 0 Å². The first-order chi connectivity index (χ1) is 16.1. The molecule has 2 aromatic carbocycles. The van der Waals surface area contributed by atoms with Crippen molar-refractivity contribution >= 4 is 6.08 Å². The van der Waals surface area contributed by atoms with Crippen molar-refractivity contribution in [2.75, 3.05) is 0 Å². The molecule has 3 aliphatic rings. The normalized spacial score (nSPS) is 18.0. The molecule has 1 saturated carbocycles. The molecule has 170 valence electrons. The van der Waals surface area contributed by atoms with Gasteiger partial charge in [0.05, 0.1) is 0 Å². The molecule has 1 fully saturated rings. The first-order valence-electron chi connectivity index (χ1n) is 13.1. The number of hydrogen-bond acceptors (Lipinski definition) is 0. The molecule has 3 aliphatic carbocycles. The third-order valence-corrected chi connectivity index (χ3v) is 7.88. The molecule has 2 aromatic rings. The highest BCUT2D eigenvalue weighted by Crippen LogP contribution is 2.38. The van der Waals surface area contributed by atoms with Crippen molar-refractivity contribution in [3.63, 3.8) is 0 Å². The Kier molecular flexibility index (Phi) is 6.81. The molecule has 0 N–H and O–H groups in total. The minimum absolute atomic E-state index is 0.902. The Hall–Kier alpha value is -2.60. The maximum Gasteiger partial charge on any atom is -0.00137 e. The summed E-state index contributed by atoms with van der Waals surface area (Å²) in [6.45, 7) is 6.58. The van der Waals surface area contributed by atoms with E-state index in [0.717, 1.165) is 38.0 Å². The van der Waals surface area contributed by atoms with Crippen LogP contribution >= 0.6 is 0 Å². The quantitative estimate of drug-likeness (QED) is 0.364. The molecule has 5 rings (SSSR count). The van der Waals surface area contributed by atoms with Gasteiger partial charge >= 0.3 is 0 Å². The van der Waals surface area contributed by atoms with Gasteiger partial charge in [-0.05, 0) is 90.3 Å². The van der Waals surface area contributed by atoms with Gasteiger partial charge in [0.25, 0.3) is 0 Å². The number of rotatable bonds is 8. The fourth-order valence-electron chi connectivity index (χ4n) is 5.91. The van der Waals surface area contributed by atoms with E-state index in [1.54, 1.807) is 5.56 Å². The van der Waals surface area contributed by atoms with E-state index < -0.39 is 0 Å². The Morgan fingerprint density at radius 1 is 0.939 bits per heavy atom. The summed E-state index contributed by atoms with van der Waals surface area (Å²) < 4.78 is 0. The molecule has 0 spiro atoms. The van der Waals surface area contributed by atoms with Crippen molar-refractivity contribution in [2.24, 2.45) is 5.92 Å². The minimum Gasteiger partial charge on any atom is -0.0995 e. The van der Waals surface area contributed by atoms with Gasteiger partial charge in [-0.2, -0.15) is 0 Å². The highest BCUT2D eigenvalue weighted by atomic mass is 14.3. The average Bonchev–Trinajstić information content (AvgIpc) is 3.45. The minimum atomic E-state index is 0.902. The second kappa shape index (κ2) is 10.1. The van der Waals surface area contributed by atoms with Crippen molar-refractivity contribution < 1.29 is 0 Å². The molecule has 0 nitrogen and oxygen atoms in total. The van der Waals surface area contributed by atoms with E-state index in [1.165, 1.54) is 83.1 Å². The Labute approximate surface area is 200 Å². The summed E-state index contributed by atoms with van der Waals surface area (Å²) in [5, 5.41) is 0. The lowest BCUT2D eigenvalue weighted by molar-refractivity contribution is 0.356. The lowest BCUT2D eigenvalue weighted by atomic mass is 9.84. The van der Waals surface area contributed by atoms with Gasteiger partial charge in [-0.25, -0.2) is 0 Å². The van der Waals surface area contributed by atoms with Gasteiger partial charge in [-0.3, -0.25) is 0 Å². The van der Waals surface area contributed by atoms with Crippen molar-refractivity contribution in [2.45, 2.75) is 77.6 Å². The molecular weight excluding hydrogens is 396 g/mol. The van der Waals surface area contributed by atoms with Crippen molar-refractivity contribution in [3.05, 3.63) is 111 Å². The predicted octanol–water partition coefficient (Wildman–Crippen LogP) is 8.89. The summed E-state index contributed by atoms with van der Waals surface area (Å²) in [5.41, 5.74) is 13.1. The van der Waals surface area contributed by atoms with Gasteiger partial charge in [0.2, 0.25) is 0 Å². The van der Waals surface area contributed by atoms with Crippen LogP contribution in [-0.2, 0) is 19.3 Å². The standard InChI is InChI=1S/C33H38/c1-24-11-14-26(15-12-24)16-13-25(2)19-30-9-6-10-33(30)32-22-29-18-17-28(21-31(29)23-32)20-27-7-4-3-5-8-27/h9-12,14-15,17-18,21,23,27H,2-8,13,16,19-20,22H2,1H3. The van der Waals surface area contributed by atoms with Crippen LogP contribution in [0.1, 0.15) is 79.2 Å². The average molecular weight is 435 g/mol. The Morgan fingerprint density at radius 3 is 2.55 bits per heavy atom. The van der Waals surface area contributed by atoms with Crippen LogP contribution in [0.4, 0.5) is 0 Å². The zero-order valence-electron chi connectivity index (χ0n) is 20.3. The van der Waals surface area contributed by atoms with Crippen molar-refractivity contribution in [1.82, 2.24) is 0 Å². The number of allylic oxidation sites excluding steroid dienone is 6. The van der Waals surface area contributed by atoms with Gasteiger partial charge in [-0.1, -0.05) is 111 Å². The molecule has 0 heteroatoms. The first-order valence-corrected chi connectivity index (χ1v) is 13.1. The third-order valence-electron chi connectivity index (χ3n) is 7.88. The second-order valence-corrected chi connectivity index (χ2v) is 10.6. The van der Waals surface area contributed by atoms with E-state index in [4.69, 9.17) is 0 Å². The molecular formula is C33H38. The molecule has 33 heavy (non-hydrogen) atoms. The lowest BCUT2D eigenvalue weighted by Crippen LogP contribution is -2.09. The van der Waals surface area contributed by atoms with E-state index in [2.05, 4.69) is 74.2 Å². The van der Waals surface area contributed by atoms with Gasteiger partial charge in [0.15, 0.2) is 0 Å². The molecule has 0 saturated heterocycles. The molecule has 0 atom stereocenters. The van der Waals surface area contributed by atoms with Crippen LogP contribution in [0.3, 0.4) is 0 Å². The fourth-order valence-corrected chi connectivity index (χ4v) is 5.91. The summed E-state index contributed by atoms with van der Waals surface area (Å²) in [6, 6.07) is 16.2. The van der Waals surface area contributed by atoms with Crippen LogP contribution in [0.2, 0.25) is 0 Å². The number of fused-ring (bicyclic) bond motifs is 1. The SMILES string of the molecule is C=C(CCc1ccc(C)cc1)CC1=CCC=C1C1=Cc2cc(CC3CCCCC3)ccc2C1. The molecule has 0 aliphatic heterocycles. The Bertz CT molecular complexity index is 1100. The molecule has 0 heterocycles. The summed E-state index contributed by atoms with van der Waals surface area (Å²) in [5.74, 6) is 0.902. The van der Waals surface area contributed by atoms with Crippen LogP contribution in [0.25, 0.3) is 6.08 Å². The van der Waals surface area contributed by atoms with E-state index in [9.17, 15) is 0 Å². The molecule has 0 bridgehead atoms. The van der Waals surface area contributed by atoms with Gasteiger partial charge in [0, 0.05) is 0 Å². The van der Waals surface area contributed by atoms with E-state index in [0.29, 0.717) is 0 Å². The van der Waals surface area contributed by atoms with Crippen LogP contribution in [-0.4, -0.2) is 0 Å². The van der Waals surface area contributed by atoms with Crippen molar-refractivity contribution in [1.29, 1.82) is 0 Å². The molecule has 0 amide bonds. The topological polar surface area (TPSA) is 0 Å². The van der Waals surface area contributed by atoms with Gasteiger partial charge < -0.3 is 0 Å². The molecule has 0 unspecified atom stereocenters. The number of hydrogen-bond donors (Lipinski definition) is 0. The number of benzene rings is 2. The summed E-state index contributed by atoms with van der Waals surface area (Å²) in [6.07, 6.45) is 21.1. The van der Waals surface area contributed by atoms with Gasteiger partial charge in [0.1, 0.15) is 0 Å². The van der Waals surface area contributed by atoms with Crippen LogP contribution < -0.4 is 0 Å². The van der Waals surface area contributed by atoms with Crippen LogP contribution in [0, 0.1) is 12.8 Å². The third kappa shape index (κ3) is 5.49. The maximum absolute atomic E-state index is 4.43. The molecule has 0 radical (unpaired) electrons. The highest BCUT2D eigenvalue weighted by Gasteiger charge is 2.21. The first kappa shape index (κ1) is 22.2. The number of aryl methyl sites for hydroxylation is 2. The van der Waals surface area contributed by atoms with E-state index in [1.807, 2.05) is 0 Å². The van der Waals surface area contributed by atoms with Crippen molar-refractivity contribution in [3.8, 4) is 0 Å². The highest BCUT2D eigenvalue weighted by molar-refractivity contribution is 5.72. The molecule has 0 aromatic heterocycles. The largest absolute Gasteiger partial charge is 0.0995 e.